The van der Waals surface area contributed by atoms with E-state index in [0.717, 1.165) is 16.8 Å². The second kappa shape index (κ2) is 10.5. The largest absolute Gasteiger partial charge is 0.494 e. The molecule has 0 aliphatic heterocycles. The minimum atomic E-state index is -0.454. The van der Waals surface area contributed by atoms with Gasteiger partial charge in [0.1, 0.15) is 0 Å². The highest BCUT2D eigenvalue weighted by molar-refractivity contribution is 7.99. The zero-order valence-corrected chi connectivity index (χ0v) is 19.9. The van der Waals surface area contributed by atoms with Crippen LogP contribution in [0.2, 0.25) is 0 Å². The summed E-state index contributed by atoms with van der Waals surface area (Å²) in [5.41, 5.74) is 3.50. The summed E-state index contributed by atoms with van der Waals surface area (Å²) in [6, 6.07) is 16.4. The predicted molar refractivity (Wildman–Crippen MR) is 129 cm³/mol. The highest BCUT2D eigenvalue weighted by atomic mass is 32.2. The molecule has 7 nitrogen and oxygen atoms in total. The number of nitrogens with zero attached hydrogens (tertiary/aromatic N) is 5. The van der Waals surface area contributed by atoms with Gasteiger partial charge in [0.25, 0.3) is 0 Å². The second-order valence-corrected chi connectivity index (χ2v) is 8.62. The Bertz CT molecular complexity index is 1300. The van der Waals surface area contributed by atoms with Crippen molar-refractivity contribution in [3.8, 4) is 22.8 Å². The monoisotopic (exact) mass is 477 g/mol. The van der Waals surface area contributed by atoms with Crippen LogP contribution < -0.4 is 4.74 Å². The first-order valence-electron chi connectivity index (χ1n) is 10.6. The Morgan fingerprint density at radius 3 is 2.68 bits per heavy atom. The number of methoxy groups -OCH3 is 1. The van der Waals surface area contributed by atoms with Crippen LogP contribution in [0.15, 0.2) is 72.1 Å². The first-order chi connectivity index (χ1) is 16.5. The first-order valence-corrected chi connectivity index (χ1v) is 11.6. The van der Waals surface area contributed by atoms with Crippen LogP contribution in [-0.2, 0) is 11.3 Å². The van der Waals surface area contributed by atoms with Crippen LogP contribution in [0.1, 0.15) is 11.1 Å². The molecule has 1 amide bonds. The molecule has 0 N–H and O–H groups in total. The van der Waals surface area contributed by atoms with E-state index in [0.29, 0.717) is 16.5 Å². The Morgan fingerprint density at radius 1 is 1.15 bits per heavy atom. The summed E-state index contributed by atoms with van der Waals surface area (Å²) in [6.07, 6.45) is 3.44. The summed E-state index contributed by atoms with van der Waals surface area (Å²) in [4.78, 5) is 18.6. The number of hydrogen-bond acceptors (Lipinski definition) is 6. The molecule has 2 aromatic carbocycles. The van der Waals surface area contributed by atoms with Crippen molar-refractivity contribution < 1.29 is 13.9 Å². The lowest BCUT2D eigenvalue weighted by Gasteiger charge is -2.18. The fourth-order valence-corrected chi connectivity index (χ4v) is 4.37. The van der Waals surface area contributed by atoms with E-state index in [4.69, 9.17) is 4.74 Å². The molecule has 0 aliphatic carbocycles. The van der Waals surface area contributed by atoms with Gasteiger partial charge in [0.2, 0.25) is 5.91 Å². The number of carbonyl (C=O) groups excluding carboxylic acids is 1. The molecule has 0 fully saturated rings. The molecule has 0 saturated heterocycles. The van der Waals surface area contributed by atoms with Gasteiger partial charge in [-0.1, -0.05) is 36.0 Å². The Labute approximate surface area is 201 Å². The van der Waals surface area contributed by atoms with Crippen molar-refractivity contribution in [2.75, 3.05) is 19.9 Å². The predicted octanol–water partition coefficient (Wildman–Crippen LogP) is 4.54. The third kappa shape index (κ3) is 5.09. The van der Waals surface area contributed by atoms with Crippen molar-refractivity contribution in [2.45, 2.75) is 18.6 Å². The molecule has 34 heavy (non-hydrogen) atoms. The second-order valence-electron chi connectivity index (χ2n) is 7.68. The Kier molecular flexibility index (Phi) is 7.22. The smallest absolute Gasteiger partial charge is 0.233 e. The van der Waals surface area contributed by atoms with Crippen molar-refractivity contribution in [1.82, 2.24) is 24.6 Å². The fraction of sp³-hybridized carbons (Fsp3) is 0.200. The summed E-state index contributed by atoms with van der Waals surface area (Å²) in [5.74, 6) is 0.423. The van der Waals surface area contributed by atoms with Crippen molar-refractivity contribution in [3.05, 3.63) is 83.9 Å². The van der Waals surface area contributed by atoms with Crippen LogP contribution in [-0.4, -0.2) is 50.5 Å². The van der Waals surface area contributed by atoms with E-state index in [1.807, 2.05) is 47.9 Å². The van der Waals surface area contributed by atoms with E-state index in [2.05, 4.69) is 15.2 Å². The summed E-state index contributed by atoms with van der Waals surface area (Å²) < 4.78 is 20.9. The third-order valence-electron chi connectivity index (χ3n) is 5.30. The van der Waals surface area contributed by atoms with Gasteiger partial charge in [-0.05, 0) is 48.4 Å². The van der Waals surface area contributed by atoms with Crippen LogP contribution in [0.4, 0.5) is 4.39 Å². The van der Waals surface area contributed by atoms with E-state index in [9.17, 15) is 9.18 Å². The minimum absolute atomic E-state index is 0.108. The molecular weight excluding hydrogens is 453 g/mol. The maximum absolute atomic E-state index is 14.0. The van der Waals surface area contributed by atoms with Crippen LogP contribution in [0.3, 0.4) is 0 Å². The number of benzene rings is 2. The maximum atomic E-state index is 14.0. The van der Waals surface area contributed by atoms with Crippen molar-refractivity contribution >= 4 is 17.7 Å². The molecule has 0 unspecified atom stereocenters. The molecule has 0 spiro atoms. The Balaban J connectivity index is 1.54. The van der Waals surface area contributed by atoms with E-state index < -0.39 is 5.82 Å². The number of aromatic nitrogens is 4. The molecule has 0 radical (unpaired) electrons. The molecule has 0 saturated carbocycles. The summed E-state index contributed by atoms with van der Waals surface area (Å²) in [5, 5.41) is 9.37. The van der Waals surface area contributed by atoms with Crippen LogP contribution >= 0.6 is 11.8 Å². The van der Waals surface area contributed by atoms with Gasteiger partial charge in [0, 0.05) is 31.5 Å². The average molecular weight is 478 g/mol. The van der Waals surface area contributed by atoms with Gasteiger partial charge in [-0.15, -0.1) is 10.2 Å². The first kappa shape index (κ1) is 23.4. The van der Waals surface area contributed by atoms with Gasteiger partial charge in [0.05, 0.1) is 18.6 Å². The summed E-state index contributed by atoms with van der Waals surface area (Å²) >= 11 is 1.31. The van der Waals surface area contributed by atoms with E-state index >= 15 is 0 Å². The number of amides is 1. The Hall–Kier alpha value is -3.72. The topological polar surface area (TPSA) is 73.1 Å². The normalized spacial score (nSPS) is 10.8. The van der Waals surface area contributed by atoms with Gasteiger partial charge >= 0.3 is 0 Å². The van der Waals surface area contributed by atoms with Gasteiger partial charge in [0.15, 0.2) is 22.5 Å². The number of thioether (sulfide) groups is 1. The van der Waals surface area contributed by atoms with E-state index in [1.54, 1.807) is 36.5 Å². The standard InChI is InChI=1S/C25H24FN5O2S/c1-17-7-4-5-9-21(17)31-24(19-8-6-12-27-14-19)28-29-25(31)34-16-23(32)30(2)15-18-10-11-22(33-3)20(26)13-18/h4-14H,15-16H2,1-3H3. The number of aryl methyl sites for hydroxylation is 1. The van der Waals surface area contributed by atoms with Gasteiger partial charge < -0.3 is 9.64 Å². The molecule has 2 heterocycles. The summed E-state index contributed by atoms with van der Waals surface area (Å²) in [6.45, 7) is 2.30. The van der Waals surface area contributed by atoms with Gasteiger partial charge in [-0.25, -0.2) is 4.39 Å². The molecule has 2 aromatic heterocycles. The molecular formula is C25H24FN5O2S. The van der Waals surface area contributed by atoms with Crippen LogP contribution in [0.25, 0.3) is 17.1 Å². The lowest BCUT2D eigenvalue weighted by Crippen LogP contribution is -2.28. The Morgan fingerprint density at radius 2 is 1.97 bits per heavy atom. The third-order valence-corrected chi connectivity index (χ3v) is 6.21. The minimum Gasteiger partial charge on any atom is -0.494 e. The number of carbonyl (C=O) groups is 1. The number of ether oxygens (including phenoxy) is 1. The lowest BCUT2D eigenvalue weighted by atomic mass is 10.2. The SMILES string of the molecule is COc1ccc(CN(C)C(=O)CSc2nnc(-c3cccnc3)n2-c2ccccc2C)cc1F. The zero-order valence-electron chi connectivity index (χ0n) is 19.1. The van der Waals surface area contributed by atoms with Crippen molar-refractivity contribution in [1.29, 1.82) is 0 Å². The summed E-state index contributed by atoms with van der Waals surface area (Å²) in [7, 11) is 3.11. The lowest BCUT2D eigenvalue weighted by molar-refractivity contribution is -0.127. The van der Waals surface area contributed by atoms with E-state index in [1.165, 1.54) is 24.9 Å². The molecule has 4 rings (SSSR count). The van der Waals surface area contributed by atoms with E-state index in [-0.39, 0.29) is 24.0 Å². The van der Waals surface area contributed by atoms with Crippen LogP contribution in [0.5, 0.6) is 5.75 Å². The fourth-order valence-electron chi connectivity index (χ4n) is 3.48. The quantitative estimate of drug-likeness (QED) is 0.347. The van der Waals surface area contributed by atoms with Crippen LogP contribution in [0, 0.1) is 12.7 Å². The molecule has 0 aliphatic rings. The molecule has 174 valence electrons. The average Bonchev–Trinajstić information content (AvgIpc) is 3.27. The molecule has 9 heteroatoms. The van der Waals surface area contributed by atoms with Crippen molar-refractivity contribution in [3.63, 3.8) is 0 Å². The number of rotatable bonds is 8. The zero-order chi connectivity index (χ0) is 24.1. The maximum Gasteiger partial charge on any atom is 0.233 e. The van der Waals surface area contributed by atoms with Gasteiger partial charge in [-0.3, -0.25) is 14.3 Å². The number of para-hydroxylation sites is 1. The molecule has 4 aromatic rings. The van der Waals surface area contributed by atoms with Crippen molar-refractivity contribution in [2.24, 2.45) is 0 Å². The molecule has 0 bridgehead atoms. The highest BCUT2D eigenvalue weighted by Gasteiger charge is 2.19. The number of hydrogen-bond donors (Lipinski definition) is 0. The van der Waals surface area contributed by atoms with Gasteiger partial charge in [-0.2, -0.15) is 0 Å². The molecule has 0 atom stereocenters. The number of halogens is 1. The highest BCUT2D eigenvalue weighted by Crippen LogP contribution is 2.29. The number of pyridine rings is 1.